The molecule has 6 heteroatoms. The second kappa shape index (κ2) is 5.18. The Balaban J connectivity index is 2.21. The van der Waals surface area contributed by atoms with E-state index in [1.807, 2.05) is 6.92 Å². The van der Waals surface area contributed by atoms with Gasteiger partial charge in [-0.25, -0.2) is 8.78 Å². The zero-order chi connectivity index (χ0) is 12.3. The maximum absolute atomic E-state index is 13.0. The zero-order valence-electron chi connectivity index (χ0n) is 9.20. The summed E-state index contributed by atoms with van der Waals surface area (Å²) in [7, 11) is 0. The normalized spacial score (nSPS) is 10.5. The van der Waals surface area contributed by atoms with E-state index in [0.717, 1.165) is 25.1 Å². The van der Waals surface area contributed by atoms with Crippen molar-refractivity contribution in [3.05, 3.63) is 29.8 Å². The van der Waals surface area contributed by atoms with Gasteiger partial charge in [-0.1, -0.05) is 18.3 Å². The molecule has 0 spiro atoms. The van der Waals surface area contributed by atoms with Gasteiger partial charge in [-0.05, 0) is 24.6 Å². The highest BCUT2D eigenvalue weighted by atomic mass is 32.1. The molecule has 0 fully saturated rings. The lowest BCUT2D eigenvalue weighted by Gasteiger charge is -1.97. The van der Waals surface area contributed by atoms with Crippen LogP contribution in [0.15, 0.2) is 18.2 Å². The highest BCUT2D eigenvalue weighted by Crippen LogP contribution is 2.27. The molecule has 17 heavy (non-hydrogen) atoms. The van der Waals surface area contributed by atoms with Gasteiger partial charge in [-0.2, -0.15) is 0 Å². The number of benzene rings is 1. The van der Waals surface area contributed by atoms with Gasteiger partial charge in [0.05, 0.1) is 0 Å². The van der Waals surface area contributed by atoms with Gasteiger partial charge in [0, 0.05) is 12.1 Å². The zero-order valence-corrected chi connectivity index (χ0v) is 10.0. The summed E-state index contributed by atoms with van der Waals surface area (Å²) in [5.41, 5.74) is 0.533. The summed E-state index contributed by atoms with van der Waals surface area (Å²) in [4.78, 5) is 0. The van der Waals surface area contributed by atoms with E-state index >= 15 is 0 Å². The number of rotatable bonds is 4. The fraction of sp³-hybridized carbons (Fsp3) is 0.273. The molecule has 0 saturated heterocycles. The van der Waals surface area contributed by atoms with Crippen molar-refractivity contribution in [3.63, 3.8) is 0 Å². The first-order valence-corrected chi connectivity index (χ1v) is 6.05. The molecule has 0 aliphatic heterocycles. The van der Waals surface area contributed by atoms with E-state index in [1.165, 1.54) is 17.4 Å². The molecule has 2 rings (SSSR count). The van der Waals surface area contributed by atoms with Crippen LogP contribution in [0.25, 0.3) is 10.6 Å². The number of nitrogens with one attached hydrogen (secondary N) is 1. The van der Waals surface area contributed by atoms with Gasteiger partial charge in [0.1, 0.15) is 5.01 Å². The van der Waals surface area contributed by atoms with Gasteiger partial charge in [0.25, 0.3) is 0 Å². The summed E-state index contributed by atoms with van der Waals surface area (Å²) in [6.45, 7) is 2.86. The molecule has 0 saturated carbocycles. The van der Waals surface area contributed by atoms with Crippen molar-refractivity contribution in [1.29, 1.82) is 0 Å². The monoisotopic (exact) mass is 255 g/mol. The van der Waals surface area contributed by atoms with Gasteiger partial charge < -0.3 is 5.32 Å². The molecule has 3 nitrogen and oxygen atoms in total. The fourth-order valence-corrected chi connectivity index (χ4v) is 2.04. The topological polar surface area (TPSA) is 37.8 Å². The first-order chi connectivity index (χ1) is 8.20. The predicted molar refractivity (Wildman–Crippen MR) is 64.0 cm³/mol. The van der Waals surface area contributed by atoms with Gasteiger partial charge in [-0.15, -0.1) is 10.2 Å². The minimum atomic E-state index is -0.874. The lowest BCUT2D eigenvalue weighted by Crippen LogP contribution is -1.98. The van der Waals surface area contributed by atoms with E-state index < -0.39 is 11.6 Å². The van der Waals surface area contributed by atoms with Gasteiger partial charge >= 0.3 is 0 Å². The molecule has 0 bridgehead atoms. The van der Waals surface area contributed by atoms with Crippen LogP contribution >= 0.6 is 11.3 Å². The lowest BCUT2D eigenvalue weighted by atomic mass is 10.2. The van der Waals surface area contributed by atoms with Crippen molar-refractivity contribution in [1.82, 2.24) is 10.2 Å². The van der Waals surface area contributed by atoms with E-state index in [2.05, 4.69) is 15.5 Å². The maximum Gasteiger partial charge on any atom is 0.206 e. The first-order valence-electron chi connectivity index (χ1n) is 5.23. The molecule has 1 aromatic carbocycles. The maximum atomic E-state index is 13.0. The molecule has 0 aliphatic carbocycles. The molecule has 1 heterocycles. The quantitative estimate of drug-likeness (QED) is 0.910. The second-order valence-corrected chi connectivity index (χ2v) is 4.45. The summed E-state index contributed by atoms with van der Waals surface area (Å²) in [6.07, 6.45) is 0.986. The van der Waals surface area contributed by atoms with Crippen LogP contribution in [0.3, 0.4) is 0 Å². The third kappa shape index (κ3) is 2.76. The van der Waals surface area contributed by atoms with Crippen LogP contribution in [-0.2, 0) is 0 Å². The third-order valence-corrected chi connectivity index (χ3v) is 3.05. The Morgan fingerprint density at radius 1 is 1.24 bits per heavy atom. The van der Waals surface area contributed by atoms with Crippen LogP contribution in [0.1, 0.15) is 13.3 Å². The van der Waals surface area contributed by atoms with Crippen molar-refractivity contribution < 1.29 is 8.78 Å². The number of nitrogens with zero attached hydrogens (tertiary/aromatic N) is 2. The lowest BCUT2D eigenvalue weighted by molar-refractivity contribution is 0.509. The Morgan fingerprint density at radius 2 is 2.06 bits per heavy atom. The van der Waals surface area contributed by atoms with E-state index in [4.69, 9.17) is 0 Å². The Labute approximate surface area is 102 Å². The van der Waals surface area contributed by atoms with Crippen molar-refractivity contribution in [3.8, 4) is 10.6 Å². The summed E-state index contributed by atoms with van der Waals surface area (Å²) >= 11 is 1.32. The molecule has 0 atom stereocenters. The van der Waals surface area contributed by atoms with Crippen LogP contribution in [0.4, 0.5) is 13.9 Å². The largest absolute Gasteiger partial charge is 0.360 e. The Hall–Kier alpha value is -1.56. The van der Waals surface area contributed by atoms with Gasteiger partial charge in [0.2, 0.25) is 5.13 Å². The summed E-state index contributed by atoms with van der Waals surface area (Å²) < 4.78 is 25.8. The van der Waals surface area contributed by atoms with Crippen molar-refractivity contribution in [2.45, 2.75) is 13.3 Å². The average molecular weight is 255 g/mol. The second-order valence-electron chi connectivity index (χ2n) is 3.47. The molecule has 2 aromatic rings. The van der Waals surface area contributed by atoms with Gasteiger partial charge in [-0.3, -0.25) is 0 Å². The fourth-order valence-electron chi connectivity index (χ4n) is 1.27. The molecular formula is C11H11F2N3S. The highest BCUT2D eigenvalue weighted by Gasteiger charge is 2.09. The highest BCUT2D eigenvalue weighted by molar-refractivity contribution is 7.18. The average Bonchev–Trinajstić information content (AvgIpc) is 2.79. The molecule has 1 aromatic heterocycles. The smallest absolute Gasteiger partial charge is 0.206 e. The predicted octanol–water partition coefficient (Wildman–Crippen LogP) is 3.31. The van der Waals surface area contributed by atoms with Crippen LogP contribution in [0, 0.1) is 11.6 Å². The van der Waals surface area contributed by atoms with Crippen molar-refractivity contribution in [2.75, 3.05) is 11.9 Å². The molecule has 0 radical (unpaired) electrons. The molecule has 0 amide bonds. The Kier molecular flexibility index (Phi) is 3.63. The Morgan fingerprint density at radius 3 is 2.76 bits per heavy atom. The SMILES string of the molecule is CCCNc1nnc(-c2ccc(F)c(F)c2)s1. The number of aromatic nitrogens is 2. The van der Waals surface area contributed by atoms with E-state index in [1.54, 1.807) is 0 Å². The third-order valence-electron chi connectivity index (χ3n) is 2.12. The number of hydrogen-bond donors (Lipinski definition) is 1. The minimum absolute atomic E-state index is 0.533. The Bertz CT molecular complexity index is 513. The van der Waals surface area contributed by atoms with Gasteiger partial charge in [0.15, 0.2) is 11.6 Å². The van der Waals surface area contributed by atoms with Crippen molar-refractivity contribution in [2.24, 2.45) is 0 Å². The van der Waals surface area contributed by atoms with E-state index in [-0.39, 0.29) is 0 Å². The number of hydrogen-bond acceptors (Lipinski definition) is 4. The summed E-state index contributed by atoms with van der Waals surface area (Å²) in [5.74, 6) is -1.73. The van der Waals surface area contributed by atoms with Crippen LogP contribution in [-0.4, -0.2) is 16.7 Å². The molecule has 0 unspecified atom stereocenters. The molecular weight excluding hydrogens is 244 g/mol. The van der Waals surface area contributed by atoms with Crippen LogP contribution in [0.5, 0.6) is 0 Å². The van der Waals surface area contributed by atoms with E-state index in [0.29, 0.717) is 15.7 Å². The number of halogens is 2. The standard InChI is InChI=1S/C11H11F2N3S/c1-2-5-14-11-16-15-10(17-11)7-3-4-8(12)9(13)6-7/h3-4,6H,2,5H2,1H3,(H,14,16). The van der Waals surface area contributed by atoms with E-state index in [9.17, 15) is 8.78 Å². The summed E-state index contributed by atoms with van der Waals surface area (Å²) in [5, 5.41) is 12.2. The number of anilines is 1. The van der Waals surface area contributed by atoms with Crippen LogP contribution < -0.4 is 5.32 Å². The minimum Gasteiger partial charge on any atom is -0.360 e. The first kappa shape index (κ1) is 11.9. The molecule has 1 N–H and O–H groups in total. The summed E-state index contributed by atoms with van der Waals surface area (Å²) in [6, 6.07) is 3.70. The molecule has 0 aliphatic rings. The molecule has 90 valence electrons. The van der Waals surface area contributed by atoms with Crippen molar-refractivity contribution >= 4 is 16.5 Å². The van der Waals surface area contributed by atoms with Crippen LogP contribution in [0.2, 0.25) is 0 Å².